The van der Waals surface area contributed by atoms with Crippen LogP contribution in [-0.2, 0) is 19.1 Å². The predicted octanol–water partition coefficient (Wildman–Crippen LogP) is 3.58. The van der Waals surface area contributed by atoms with Gasteiger partial charge in [0.15, 0.2) is 0 Å². The van der Waals surface area contributed by atoms with Crippen molar-refractivity contribution in [2.75, 3.05) is 7.11 Å². The first-order chi connectivity index (χ1) is 11.9. The molecule has 0 saturated carbocycles. The normalized spacial score (nSPS) is 16.0. The van der Waals surface area contributed by atoms with Gasteiger partial charge in [0.05, 0.1) is 7.11 Å². The average molecular weight is 338 g/mol. The minimum atomic E-state index is -1.25. The lowest BCUT2D eigenvalue weighted by molar-refractivity contribution is -0.222. The van der Waals surface area contributed by atoms with Crippen LogP contribution >= 0.6 is 0 Å². The molecule has 2 aromatic carbocycles. The minimum absolute atomic E-state index is 0.128. The second-order valence-corrected chi connectivity index (χ2v) is 6.06. The van der Waals surface area contributed by atoms with Crippen molar-refractivity contribution < 1.29 is 23.8 Å². The molecule has 0 aromatic heterocycles. The molecule has 2 aromatic rings. The van der Waals surface area contributed by atoms with Gasteiger partial charge in [-0.15, -0.1) is 0 Å². The third-order valence-electron chi connectivity index (χ3n) is 3.73. The number of hydrogen-bond acceptors (Lipinski definition) is 5. The second-order valence-electron chi connectivity index (χ2n) is 6.06. The van der Waals surface area contributed by atoms with E-state index in [1.807, 2.05) is 42.5 Å². The molecule has 0 spiro atoms. The summed E-state index contributed by atoms with van der Waals surface area (Å²) in [5, 5.41) is 0. The molecule has 0 atom stereocenters. The fraction of sp³-hybridized carbons (Fsp3) is 0.200. The van der Waals surface area contributed by atoms with Crippen LogP contribution in [0.25, 0.3) is 17.2 Å². The highest BCUT2D eigenvalue weighted by atomic mass is 16.7. The van der Waals surface area contributed by atoms with E-state index in [1.54, 1.807) is 13.2 Å². The van der Waals surface area contributed by atoms with E-state index in [1.165, 1.54) is 19.9 Å². The van der Waals surface area contributed by atoms with E-state index >= 15 is 0 Å². The first kappa shape index (κ1) is 16.8. The molecule has 5 nitrogen and oxygen atoms in total. The van der Waals surface area contributed by atoms with E-state index in [-0.39, 0.29) is 5.57 Å². The molecule has 0 radical (unpaired) electrons. The van der Waals surface area contributed by atoms with Gasteiger partial charge in [0, 0.05) is 19.4 Å². The summed E-state index contributed by atoms with van der Waals surface area (Å²) in [6.07, 6.45) is 1.47. The molecule has 0 amide bonds. The smallest absolute Gasteiger partial charge is 0.348 e. The second kappa shape index (κ2) is 6.43. The number of ether oxygens (including phenoxy) is 3. The average Bonchev–Trinajstić information content (AvgIpc) is 2.57. The van der Waals surface area contributed by atoms with Crippen LogP contribution in [0, 0.1) is 0 Å². The van der Waals surface area contributed by atoms with Crippen LogP contribution in [0.2, 0.25) is 0 Å². The Hall–Kier alpha value is -3.08. The van der Waals surface area contributed by atoms with Gasteiger partial charge in [-0.2, -0.15) is 0 Å². The van der Waals surface area contributed by atoms with Crippen LogP contribution in [0.15, 0.2) is 54.1 Å². The standard InChI is InChI=1S/C20H18O5/c1-20(2)24-18(21)16(19(22)25-20)12-13-7-6-8-14(11-13)15-9-4-5-10-17(15)23-3/h4-12H,1-3H3. The lowest BCUT2D eigenvalue weighted by Gasteiger charge is -2.29. The van der Waals surface area contributed by atoms with Crippen LogP contribution < -0.4 is 4.74 Å². The topological polar surface area (TPSA) is 61.8 Å². The maximum atomic E-state index is 12.1. The number of methoxy groups -OCH3 is 1. The molecule has 128 valence electrons. The summed E-state index contributed by atoms with van der Waals surface area (Å²) in [4.78, 5) is 24.1. The fourth-order valence-electron chi connectivity index (χ4n) is 2.62. The summed E-state index contributed by atoms with van der Waals surface area (Å²) >= 11 is 0. The van der Waals surface area contributed by atoms with Gasteiger partial charge in [-0.3, -0.25) is 0 Å². The summed E-state index contributed by atoms with van der Waals surface area (Å²) in [6.45, 7) is 3.03. The van der Waals surface area contributed by atoms with Gasteiger partial charge in [-0.25, -0.2) is 9.59 Å². The molecule has 1 aliphatic rings. The van der Waals surface area contributed by atoms with Crippen molar-refractivity contribution in [1.29, 1.82) is 0 Å². The first-order valence-corrected chi connectivity index (χ1v) is 7.81. The van der Waals surface area contributed by atoms with Crippen LogP contribution in [0.5, 0.6) is 5.75 Å². The maximum absolute atomic E-state index is 12.1. The van der Waals surface area contributed by atoms with Crippen molar-refractivity contribution in [1.82, 2.24) is 0 Å². The number of esters is 2. The van der Waals surface area contributed by atoms with E-state index in [0.29, 0.717) is 5.56 Å². The van der Waals surface area contributed by atoms with Crippen molar-refractivity contribution in [2.24, 2.45) is 0 Å². The highest BCUT2D eigenvalue weighted by molar-refractivity contribution is 6.18. The van der Waals surface area contributed by atoms with Crippen molar-refractivity contribution in [3.63, 3.8) is 0 Å². The van der Waals surface area contributed by atoms with Crippen LogP contribution in [0.1, 0.15) is 19.4 Å². The van der Waals surface area contributed by atoms with Gasteiger partial charge < -0.3 is 14.2 Å². The van der Waals surface area contributed by atoms with Crippen LogP contribution in [-0.4, -0.2) is 24.8 Å². The molecule has 1 saturated heterocycles. The SMILES string of the molecule is COc1ccccc1-c1cccc(C=C2C(=O)OC(C)(C)OC2=O)c1. The summed E-state index contributed by atoms with van der Waals surface area (Å²) in [6, 6.07) is 15.1. The Bertz CT molecular complexity index is 842. The van der Waals surface area contributed by atoms with Gasteiger partial charge >= 0.3 is 11.9 Å². The Morgan fingerprint density at radius 1 is 0.960 bits per heavy atom. The van der Waals surface area contributed by atoms with Gasteiger partial charge in [-0.05, 0) is 29.3 Å². The lowest BCUT2D eigenvalue weighted by Crippen LogP contribution is -2.41. The Morgan fingerprint density at radius 2 is 1.64 bits per heavy atom. The molecule has 0 unspecified atom stereocenters. The molecular weight excluding hydrogens is 320 g/mol. The first-order valence-electron chi connectivity index (χ1n) is 7.81. The van der Waals surface area contributed by atoms with E-state index in [0.717, 1.165) is 16.9 Å². The van der Waals surface area contributed by atoms with Crippen molar-refractivity contribution in [2.45, 2.75) is 19.6 Å². The Labute approximate surface area is 145 Å². The number of para-hydroxylation sites is 1. The van der Waals surface area contributed by atoms with Gasteiger partial charge in [0.1, 0.15) is 11.3 Å². The predicted molar refractivity (Wildman–Crippen MR) is 92.7 cm³/mol. The zero-order chi connectivity index (χ0) is 18.0. The maximum Gasteiger partial charge on any atom is 0.348 e. The minimum Gasteiger partial charge on any atom is -0.496 e. The Kier molecular flexibility index (Phi) is 4.31. The summed E-state index contributed by atoms with van der Waals surface area (Å²) in [5.74, 6) is -1.89. The van der Waals surface area contributed by atoms with E-state index in [9.17, 15) is 9.59 Å². The molecule has 25 heavy (non-hydrogen) atoms. The van der Waals surface area contributed by atoms with Crippen molar-refractivity contribution in [3.05, 3.63) is 59.7 Å². The molecule has 0 aliphatic carbocycles. The van der Waals surface area contributed by atoms with Gasteiger partial charge in [0.2, 0.25) is 0 Å². The van der Waals surface area contributed by atoms with Crippen molar-refractivity contribution in [3.8, 4) is 16.9 Å². The molecule has 1 fully saturated rings. The molecule has 0 bridgehead atoms. The monoisotopic (exact) mass is 338 g/mol. The van der Waals surface area contributed by atoms with Crippen molar-refractivity contribution >= 4 is 18.0 Å². The molecule has 1 heterocycles. The number of cyclic esters (lactones) is 2. The quantitative estimate of drug-likeness (QED) is 0.486. The molecular formula is C20H18O5. The third-order valence-corrected chi connectivity index (χ3v) is 3.73. The summed E-state index contributed by atoms with van der Waals surface area (Å²) in [7, 11) is 1.61. The number of carbonyl (C=O) groups excluding carboxylic acids is 2. The number of carbonyl (C=O) groups is 2. The molecule has 1 aliphatic heterocycles. The highest BCUT2D eigenvalue weighted by Crippen LogP contribution is 2.31. The summed E-state index contributed by atoms with van der Waals surface area (Å²) < 4.78 is 15.6. The number of benzene rings is 2. The Balaban J connectivity index is 1.97. The van der Waals surface area contributed by atoms with Gasteiger partial charge in [0.25, 0.3) is 5.79 Å². The number of rotatable bonds is 3. The lowest BCUT2D eigenvalue weighted by atomic mass is 10.0. The summed E-state index contributed by atoms with van der Waals surface area (Å²) in [5.41, 5.74) is 2.38. The molecule has 5 heteroatoms. The van der Waals surface area contributed by atoms with E-state index in [2.05, 4.69) is 0 Å². The molecule has 3 rings (SSSR count). The zero-order valence-corrected chi connectivity index (χ0v) is 14.2. The Morgan fingerprint density at radius 3 is 2.32 bits per heavy atom. The van der Waals surface area contributed by atoms with Gasteiger partial charge in [-0.1, -0.05) is 36.4 Å². The van der Waals surface area contributed by atoms with E-state index in [4.69, 9.17) is 14.2 Å². The van der Waals surface area contributed by atoms with Crippen LogP contribution in [0.4, 0.5) is 0 Å². The van der Waals surface area contributed by atoms with E-state index < -0.39 is 17.7 Å². The number of hydrogen-bond donors (Lipinski definition) is 0. The van der Waals surface area contributed by atoms with Crippen LogP contribution in [0.3, 0.4) is 0 Å². The molecule has 0 N–H and O–H groups in total. The largest absolute Gasteiger partial charge is 0.496 e. The fourth-order valence-corrected chi connectivity index (χ4v) is 2.62. The zero-order valence-electron chi connectivity index (χ0n) is 14.2. The third kappa shape index (κ3) is 3.55. The highest BCUT2D eigenvalue weighted by Gasteiger charge is 2.38.